The summed E-state index contributed by atoms with van der Waals surface area (Å²) in [4.78, 5) is 31.0. The first-order valence-corrected chi connectivity index (χ1v) is 13.8. The van der Waals surface area contributed by atoms with E-state index < -0.39 is 0 Å². The van der Waals surface area contributed by atoms with Gasteiger partial charge in [0, 0.05) is 29.9 Å². The zero-order valence-electron chi connectivity index (χ0n) is 20.8. The number of carbonyl (C=O) groups excluding carboxylic acids is 2. The summed E-state index contributed by atoms with van der Waals surface area (Å²) < 4.78 is 8.78. The normalized spacial score (nSPS) is 14.1. The van der Waals surface area contributed by atoms with Crippen LogP contribution in [0.4, 0.5) is 5.69 Å². The fourth-order valence-corrected chi connectivity index (χ4v) is 5.38. The molecule has 11 heteroatoms. The molecule has 1 saturated carbocycles. The number of halogens is 3. The minimum Gasteiger partial charge on any atom is -0.485 e. The highest BCUT2D eigenvalue weighted by molar-refractivity contribution is 9.10. The molecule has 0 unspecified atom stereocenters. The van der Waals surface area contributed by atoms with Gasteiger partial charge in [-0.1, -0.05) is 42.5 Å². The van der Waals surface area contributed by atoms with Crippen LogP contribution >= 0.6 is 39.1 Å². The number of anilines is 1. The maximum atomic E-state index is 12.8. The first-order valence-electron chi connectivity index (χ1n) is 12.3. The van der Waals surface area contributed by atoms with Crippen molar-refractivity contribution in [3.8, 4) is 5.75 Å². The standard InChI is InChI=1S/C26H30BrCl2N5O3/c1-16-25(27)34-12-6-9-21(26(34)32-16)37-15-18-19(28)10-11-20(24(18)29)33(2)23(36)14-31-22(35)13-30-17-7-4-3-5-8-17/h6,9-12,17,30H,3-5,7-8,13-15H2,1-2H3,(H,31,35). The van der Waals surface area contributed by atoms with E-state index in [1.54, 1.807) is 19.2 Å². The predicted molar refractivity (Wildman–Crippen MR) is 150 cm³/mol. The monoisotopic (exact) mass is 609 g/mol. The van der Waals surface area contributed by atoms with Crippen molar-refractivity contribution in [2.45, 2.75) is 51.7 Å². The molecule has 2 N–H and O–H groups in total. The third-order valence-electron chi connectivity index (χ3n) is 6.58. The number of likely N-dealkylation sites (N-methyl/N-ethyl adjacent to an activating group) is 1. The number of imidazole rings is 1. The molecule has 37 heavy (non-hydrogen) atoms. The van der Waals surface area contributed by atoms with Crippen molar-refractivity contribution in [3.63, 3.8) is 0 Å². The van der Waals surface area contributed by atoms with Gasteiger partial charge in [-0.3, -0.25) is 14.0 Å². The number of nitrogens with zero attached hydrogens (tertiary/aromatic N) is 3. The average Bonchev–Trinajstić information content (AvgIpc) is 3.20. The van der Waals surface area contributed by atoms with Crippen molar-refractivity contribution in [2.75, 3.05) is 25.0 Å². The van der Waals surface area contributed by atoms with Gasteiger partial charge in [0.2, 0.25) is 11.8 Å². The molecule has 8 nitrogen and oxygen atoms in total. The Morgan fingerprint density at radius 2 is 1.95 bits per heavy atom. The summed E-state index contributed by atoms with van der Waals surface area (Å²) in [5.41, 5.74) is 2.52. The summed E-state index contributed by atoms with van der Waals surface area (Å²) in [5.74, 6) is 0.0612. The predicted octanol–water partition coefficient (Wildman–Crippen LogP) is 5.29. The Bertz CT molecular complexity index is 1290. The average molecular weight is 611 g/mol. The van der Waals surface area contributed by atoms with Crippen molar-refractivity contribution in [1.29, 1.82) is 0 Å². The number of carbonyl (C=O) groups is 2. The van der Waals surface area contributed by atoms with Gasteiger partial charge >= 0.3 is 0 Å². The summed E-state index contributed by atoms with van der Waals surface area (Å²) in [6.07, 6.45) is 7.69. The van der Waals surface area contributed by atoms with Gasteiger partial charge in [0.25, 0.3) is 0 Å². The SMILES string of the molecule is Cc1nc2c(OCc3c(Cl)ccc(N(C)C(=O)CNC(=O)CNC4CCCCC4)c3Cl)cccn2c1Br. The second-order valence-corrected chi connectivity index (χ2v) is 10.7. The van der Waals surface area contributed by atoms with Crippen LogP contribution in [0.15, 0.2) is 35.1 Å². The molecule has 1 aliphatic rings. The van der Waals surface area contributed by atoms with Gasteiger partial charge in [-0.05, 0) is 60.0 Å². The second kappa shape index (κ2) is 12.5. The van der Waals surface area contributed by atoms with Crippen LogP contribution in [0.5, 0.6) is 5.75 Å². The van der Waals surface area contributed by atoms with E-state index in [-0.39, 0.29) is 31.5 Å². The third-order valence-corrected chi connectivity index (χ3v) is 8.31. The number of pyridine rings is 1. The lowest BCUT2D eigenvalue weighted by molar-refractivity contribution is -0.124. The molecule has 2 amide bonds. The molecule has 4 rings (SSSR count). The molecule has 1 aromatic carbocycles. The second-order valence-electron chi connectivity index (χ2n) is 9.15. The number of benzene rings is 1. The Kier molecular flexibility index (Phi) is 9.34. The van der Waals surface area contributed by atoms with Gasteiger partial charge in [-0.25, -0.2) is 4.98 Å². The lowest BCUT2D eigenvalue weighted by Crippen LogP contribution is -2.44. The lowest BCUT2D eigenvalue weighted by Gasteiger charge is -2.23. The Balaban J connectivity index is 1.38. The fourth-order valence-electron chi connectivity index (χ4n) is 4.40. The molecule has 0 atom stereocenters. The topological polar surface area (TPSA) is 88.0 Å². The highest BCUT2D eigenvalue weighted by Crippen LogP contribution is 2.35. The Morgan fingerprint density at radius 3 is 2.70 bits per heavy atom. The van der Waals surface area contributed by atoms with E-state index in [1.165, 1.54) is 24.2 Å². The Hall–Kier alpha value is -2.33. The van der Waals surface area contributed by atoms with Crippen LogP contribution in [0.1, 0.15) is 43.4 Å². The number of nitrogens with one attached hydrogen (secondary N) is 2. The molecule has 2 aromatic heterocycles. The number of ether oxygens (including phenoxy) is 1. The van der Waals surface area contributed by atoms with E-state index >= 15 is 0 Å². The number of amides is 2. The molecule has 0 bridgehead atoms. The summed E-state index contributed by atoms with van der Waals surface area (Å²) in [6.45, 7) is 2.05. The van der Waals surface area contributed by atoms with Gasteiger partial charge in [-0.15, -0.1) is 0 Å². The zero-order chi connectivity index (χ0) is 26.5. The van der Waals surface area contributed by atoms with E-state index in [0.29, 0.717) is 38.7 Å². The molecule has 198 valence electrons. The van der Waals surface area contributed by atoms with Crippen LogP contribution in [-0.4, -0.2) is 47.4 Å². The van der Waals surface area contributed by atoms with E-state index in [1.807, 2.05) is 29.7 Å². The first kappa shape index (κ1) is 27.7. The lowest BCUT2D eigenvalue weighted by atomic mass is 9.95. The molecule has 0 radical (unpaired) electrons. The van der Waals surface area contributed by atoms with Crippen molar-refractivity contribution in [3.05, 3.63) is 56.4 Å². The number of hydrogen-bond donors (Lipinski definition) is 2. The highest BCUT2D eigenvalue weighted by Gasteiger charge is 2.20. The number of rotatable bonds is 9. The van der Waals surface area contributed by atoms with Crippen LogP contribution in [0, 0.1) is 6.92 Å². The van der Waals surface area contributed by atoms with Gasteiger partial charge in [0.05, 0.1) is 29.5 Å². The molecule has 1 fully saturated rings. The van der Waals surface area contributed by atoms with E-state index in [2.05, 4.69) is 31.5 Å². The minimum absolute atomic E-state index is 0.0836. The van der Waals surface area contributed by atoms with E-state index in [0.717, 1.165) is 23.1 Å². The molecular weight excluding hydrogens is 581 g/mol. The number of hydrogen-bond acceptors (Lipinski definition) is 5. The maximum absolute atomic E-state index is 12.8. The number of fused-ring (bicyclic) bond motifs is 1. The third kappa shape index (κ3) is 6.57. The Morgan fingerprint density at radius 1 is 1.19 bits per heavy atom. The molecule has 0 saturated heterocycles. The number of aromatic nitrogens is 2. The van der Waals surface area contributed by atoms with Gasteiger partial charge in [0.15, 0.2) is 11.4 Å². The maximum Gasteiger partial charge on any atom is 0.246 e. The van der Waals surface area contributed by atoms with Crippen molar-refractivity contribution >= 4 is 62.3 Å². The number of aryl methyl sites for hydroxylation is 1. The molecule has 1 aliphatic carbocycles. The molecule has 0 spiro atoms. The van der Waals surface area contributed by atoms with Crippen LogP contribution < -0.4 is 20.3 Å². The summed E-state index contributed by atoms with van der Waals surface area (Å²) in [6, 6.07) is 7.40. The van der Waals surface area contributed by atoms with Crippen LogP contribution in [0.3, 0.4) is 0 Å². The van der Waals surface area contributed by atoms with Crippen LogP contribution in [0.2, 0.25) is 10.0 Å². The first-order chi connectivity index (χ1) is 17.8. The van der Waals surface area contributed by atoms with E-state index in [9.17, 15) is 9.59 Å². The van der Waals surface area contributed by atoms with Crippen LogP contribution in [-0.2, 0) is 16.2 Å². The molecule has 2 heterocycles. The smallest absolute Gasteiger partial charge is 0.246 e. The highest BCUT2D eigenvalue weighted by atomic mass is 79.9. The zero-order valence-corrected chi connectivity index (χ0v) is 23.9. The van der Waals surface area contributed by atoms with Gasteiger partial charge in [-0.2, -0.15) is 0 Å². The van der Waals surface area contributed by atoms with Crippen LogP contribution in [0.25, 0.3) is 5.65 Å². The Labute approximate surface area is 234 Å². The minimum atomic E-state index is -0.301. The summed E-state index contributed by atoms with van der Waals surface area (Å²) in [7, 11) is 1.61. The van der Waals surface area contributed by atoms with Gasteiger partial charge < -0.3 is 20.3 Å². The quantitative estimate of drug-likeness (QED) is 0.344. The van der Waals surface area contributed by atoms with Crippen molar-refractivity contribution in [2.24, 2.45) is 0 Å². The molecule has 0 aliphatic heterocycles. The van der Waals surface area contributed by atoms with Crippen molar-refractivity contribution in [1.82, 2.24) is 20.0 Å². The van der Waals surface area contributed by atoms with Gasteiger partial charge in [0.1, 0.15) is 11.2 Å². The van der Waals surface area contributed by atoms with E-state index in [4.69, 9.17) is 27.9 Å². The summed E-state index contributed by atoms with van der Waals surface area (Å²) in [5, 5.41) is 6.69. The summed E-state index contributed by atoms with van der Waals surface area (Å²) >= 11 is 16.6. The van der Waals surface area contributed by atoms with Crippen molar-refractivity contribution < 1.29 is 14.3 Å². The molecule has 3 aromatic rings. The molecular formula is C26H30BrCl2N5O3. The fraction of sp³-hybridized carbons (Fsp3) is 0.423. The largest absolute Gasteiger partial charge is 0.485 e.